The van der Waals surface area contributed by atoms with Gasteiger partial charge in [0.2, 0.25) is 0 Å². The largest absolute Gasteiger partial charge is 0.380 e. The molecule has 1 saturated carbocycles. The molecular formula is C15H24ClN3O2. The van der Waals surface area contributed by atoms with E-state index in [4.69, 9.17) is 16.3 Å². The molecule has 0 radical (unpaired) electrons. The van der Waals surface area contributed by atoms with Crippen molar-refractivity contribution < 1.29 is 4.74 Å². The Morgan fingerprint density at radius 2 is 2.14 bits per heavy atom. The van der Waals surface area contributed by atoms with Gasteiger partial charge in [-0.3, -0.25) is 4.79 Å². The molecule has 5 nitrogen and oxygen atoms in total. The molecular weight excluding hydrogens is 290 g/mol. The molecule has 0 aromatic carbocycles. The Bertz CT molecular complexity index is 510. The molecule has 2 rings (SSSR count). The van der Waals surface area contributed by atoms with Crippen LogP contribution in [0.5, 0.6) is 0 Å². The predicted octanol–water partition coefficient (Wildman–Crippen LogP) is 3.24. The van der Waals surface area contributed by atoms with E-state index in [1.165, 1.54) is 23.9 Å². The van der Waals surface area contributed by atoms with Crippen molar-refractivity contribution in [1.82, 2.24) is 9.78 Å². The quantitative estimate of drug-likeness (QED) is 0.819. The normalized spacial score (nSPS) is 16.4. The highest BCUT2D eigenvalue weighted by Gasteiger charge is 2.14. The number of rotatable bonds is 6. The summed E-state index contributed by atoms with van der Waals surface area (Å²) >= 11 is 6.09. The highest BCUT2D eigenvalue weighted by Crippen LogP contribution is 2.20. The average Bonchev–Trinajstić information content (AvgIpc) is 2.48. The first-order valence-corrected chi connectivity index (χ1v) is 8.10. The topological polar surface area (TPSA) is 56.1 Å². The minimum Gasteiger partial charge on any atom is -0.380 e. The fraction of sp³-hybridized carbons (Fsp3) is 0.733. The average molecular weight is 314 g/mol. The lowest BCUT2D eigenvalue weighted by atomic mass is 9.98. The van der Waals surface area contributed by atoms with E-state index in [-0.39, 0.29) is 16.6 Å². The zero-order chi connectivity index (χ0) is 15.2. The lowest BCUT2D eigenvalue weighted by Gasteiger charge is -2.22. The Kier molecular flexibility index (Phi) is 6.06. The molecule has 1 heterocycles. The van der Waals surface area contributed by atoms with Crippen molar-refractivity contribution in [1.29, 1.82) is 0 Å². The summed E-state index contributed by atoms with van der Waals surface area (Å²) in [5.74, 6) is 0. The van der Waals surface area contributed by atoms with Gasteiger partial charge in [-0.25, -0.2) is 4.68 Å². The van der Waals surface area contributed by atoms with Crippen molar-refractivity contribution >= 4 is 17.3 Å². The van der Waals surface area contributed by atoms with Crippen LogP contribution in [0.4, 0.5) is 5.69 Å². The molecule has 0 aliphatic heterocycles. The van der Waals surface area contributed by atoms with E-state index < -0.39 is 0 Å². The Hall–Kier alpha value is -1.07. The van der Waals surface area contributed by atoms with Crippen molar-refractivity contribution in [2.24, 2.45) is 0 Å². The molecule has 118 valence electrons. The first kappa shape index (κ1) is 16.3. The fourth-order valence-electron chi connectivity index (χ4n) is 2.58. The summed E-state index contributed by atoms with van der Waals surface area (Å²) in [7, 11) is 0. The molecule has 1 fully saturated rings. The van der Waals surface area contributed by atoms with E-state index in [2.05, 4.69) is 10.4 Å². The van der Waals surface area contributed by atoms with Crippen molar-refractivity contribution in [3.8, 4) is 0 Å². The van der Waals surface area contributed by atoms with Crippen LogP contribution < -0.4 is 10.9 Å². The van der Waals surface area contributed by atoms with E-state index >= 15 is 0 Å². The van der Waals surface area contributed by atoms with Crippen molar-refractivity contribution in [2.75, 3.05) is 18.5 Å². The third-order valence-corrected chi connectivity index (χ3v) is 4.12. The molecule has 1 N–H and O–H groups in total. The summed E-state index contributed by atoms with van der Waals surface area (Å²) in [6, 6.07) is -0.00122. The van der Waals surface area contributed by atoms with Gasteiger partial charge >= 0.3 is 0 Å². The van der Waals surface area contributed by atoms with Crippen LogP contribution >= 0.6 is 11.6 Å². The molecule has 0 bridgehead atoms. The zero-order valence-electron chi connectivity index (χ0n) is 12.8. The second-order valence-corrected chi connectivity index (χ2v) is 6.15. The number of aromatic nitrogens is 2. The lowest BCUT2D eigenvalue weighted by molar-refractivity contribution is 0.0347. The summed E-state index contributed by atoms with van der Waals surface area (Å²) < 4.78 is 7.21. The van der Waals surface area contributed by atoms with Gasteiger partial charge in [-0.05, 0) is 26.7 Å². The molecule has 1 aromatic rings. The molecule has 0 atom stereocenters. The summed E-state index contributed by atoms with van der Waals surface area (Å²) in [5, 5.41) is 7.44. The molecule has 1 aliphatic carbocycles. The Morgan fingerprint density at radius 1 is 1.43 bits per heavy atom. The first-order chi connectivity index (χ1) is 10.1. The Labute approximate surface area is 130 Å². The number of nitrogens with one attached hydrogen (secondary N) is 1. The molecule has 1 aliphatic rings. The van der Waals surface area contributed by atoms with Crippen LogP contribution in [-0.4, -0.2) is 29.0 Å². The Morgan fingerprint density at radius 3 is 2.81 bits per heavy atom. The number of hydrogen-bond acceptors (Lipinski definition) is 4. The van der Waals surface area contributed by atoms with Crippen LogP contribution in [-0.2, 0) is 4.74 Å². The van der Waals surface area contributed by atoms with Crippen LogP contribution in [0.2, 0.25) is 5.02 Å². The van der Waals surface area contributed by atoms with Gasteiger partial charge in [0.1, 0.15) is 5.02 Å². The maximum atomic E-state index is 12.0. The van der Waals surface area contributed by atoms with E-state index in [0.717, 1.165) is 12.8 Å². The highest BCUT2D eigenvalue weighted by molar-refractivity contribution is 6.32. The van der Waals surface area contributed by atoms with Gasteiger partial charge in [0.05, 0.1) is 30.6 Å². The van der Waals surface area contributed by atoms with Crippen LogP contribution in [0.15, 0.2) is 11.0 Å². The minimum atomic E-state index is -0.259. The standard InChI is InChI=1S/C15H24ClN3O2/c1-11(2)19-15(20)14(16)13(10-18-19)17-8-9-21-12-6-4-3-5-7-12/h10-12,17H,3-9H2,1-2H3. The second kappa shape index (κ2) is 7.80. The van der Waals surface area contributed by atoms with Gasteiger partial charge in [0, 0.05) is 6.54 Å². The first-order valence-electron chi connectivity index (χ1n) is 7.72. The van der Waals surface area contributed by atoms with E-state index in [1.54, 1.807) is 6.20 Å². The highest BCUT2D eigenvalue weighted by atomic mass is 35.5. The molecule has 1 aromatic heterocycles. The van der Waals surface area contributed by atoms with E-state index in [0.29, 0.717) is 24.9 Å². The maximum absolute atomic E-state index is 12.0. The monoisotopic (exact) mass is 313 g/mol. The van der Waals surface area contributed by atoms with Gasteiger partial charge in [-0.15, -0.1) is 0 Å². The number of nitrogens with zero attached hydrogens (tertiary/aromatic N) is 2. The van der Waals surface area contributed by atoms with E-state index in [1.807, 2.05) is 13.8 Å². The second-order valence-electron chi connectivity index (χ2n) is 5.77. The number of anilines is 1. The van der Waals surface area contributed by atoms with Crippen LogP contribution in [0.25, 0.3) is 0 Å². The van der Waals surface area contributed by atoms with Crippen LogP contribution in [0.1, 0.15) is 52.0 Å². The molecule has 0 spiro atoms. The number of hydrogen-bond donors (Lipinski definition) is 1. The van der Waals surface area contributed by atoms with Gasteiger partial charge in [0.25, 0.3) is 5.56 Å². The predicted molar refractivity (Wildman–Crippen MR) is 85.2 cm³/mol. The summed E-state index contributed by atoms with van der Waals surface area (Å²) in [4.78, 5) is 12.0. The van der Waals surface area contributed by atoms with Crippen molar-refractivity contribution in [3.63, 3.8) is 0 Å². The summed E-state index contributed by atoms with van der Waals surface area (Å²) in [5.41, 5.74) is 0.315. The maximum Gasteiger partial charge on any atom is 0.287 e. The molecule has 6 heteroatoms. The fourth-order valence-corrected chi connectivity index (χ4v) is 2.78. The third-order valence-electron chi connectivity index (χ3n) is 3.76. The molecule has 0 unspecified atom stereocenters. The van der Waals surface area contributed by atoms with Gasteiger partial charge in [-0.2, -0.15) is 5.10 Å². The number of halogens is 1. The third kappa shape index (κ3) is 4.45. The van der Waals surface area contributed by atoms with Crippen molar-refractivity contribution in [3.05, 3.63) is 21.6 Å². The lowest BCUT2D eigenvalue weighted by Crippen LogP contribution is -2.26. The van der Waals surface area contributed by atoms with Crippen molar-refractivity contribution in [2.45, 2.75) is 58.1 Å². The molecule has 21 heavy (non-hydrogen) atoms. The Balaban J connectivity index is 1.83. The van der Waals surface area contributed by atoms with Gasteiger partial charge in [0.15, 0.2) is 0 Å². The van der Waals surface area contributed by atoms with Crippen LogP contribution in [0, 0.1) is 0 Å². The van der Waals surface area contributed by atoms with Crippen LogP contribution in [0.3, 0.4) is 0 Å². The SMILES string of the molecule is CC(C)n1ncc(NCCOC2CCCCC2)c(Cl)c1=O. The van der Waals surface area contributed by atoms with Gasteiger partial charge < -0.3 is 10.1 Å². The zero-order valence-corrected chi connectivity index (χ0v) is 13.5. The molecule has 0 saturated heterocycles. The summed E-state index contributed by atoms with van der Waals surface area (Å²) in [6.45, 7) is 5.04. The molecule has 0 amide bonds. The summed E-state index contributed by atoms with van der Waals surface area (Å²) in [6.07, 6.45) is 8.17. The van der Waals surface area contributed by atoms with Gasteiger partial charge in [-0.1, -0.05) is 30.9 Å². The van der Waals surface area contributed by atoms with E-state index in [9.17, 15) is 4.79 Å². The number of ether oxygens (including phenoxy) is 1. The minimum absolute atomic E-state index is 0.00122. The smallest absolute Gasteiger partial charge is 0.287 e.